The summed E-state index contributed by atoms with van der Waals surface area (Å²) in [4.78, 5) is 15.6. The van der Waals surface area contributed by atoms with Crippen molar-refractivity contribution in [3.8, 4) is 143 Å². The Kier molecular flexibility index (Phi) is 35.5. The average molecular weight is 893 g/mol. The lowest BCUT2D eigenvalue weighted by Crippen LogP contribution is -2.60. The number of carbonyl (C=O) groups excluding carboxylic acids is 1. The molecule has 1 aliphatic rings. The van der Waals surface area contributed by atoms with Gasteiger partial charge < -0.3 is 45.1 Å². The molecule has 0 spiro atoms. The molecular formula is C53H56N4O9. The second-order valence-corrected chi connectivity index (χ2v) is 14.3. The number of rotatable bonds is 26. The number of nitrogens with one attached hydrogen (secondary N) is 1. The van der Waals surface area contributed by atoms with Gasteiger partial charge in [0.2, 0.25) is 5.91 Å². The summed E-state index contributed by atoms with van der Waals surface area (Å²) in [5, 5.41) is 59.8. The molecule has 2 unspecified atom stereocenters. The first-order valence-corrected chi connectivity index (χ1v) is 21.8. The van der Waals surface area contributed by atoms with Crippen LogP contribution in [0.4, 0.5) is 0 Å². The van der Waals surface area contributed by atoms with Crippen LogP contribution >= 0.6 is 0 Å². The van der Waals surface area contributed by atoms with E-state index >= 15 is 0 Å². The van der Waals surface area contributed by atoms with Gasteiger partial charge in [0.25, 0.3) is 0 Å². The van der Waals surface area contributed by atoms with E-state index < -0.39 is 61.5 Å². The summed E-state index contributed by atoms with van der Waals surface area (Å²) >= 11 is 0. The van der Waals surface area contributed by atoms with Gasteiger partial charge in [-0.2, -0.15) is 0 Å². The molecule has 0 aromatic carbocycles. The smallest absolute Gasteiger partial charge is 0.232 e. The second-order valence-electron chi connectivity index (χ2n) is 14.3. The van der Waals surface area contributed by atoms with Crippen LogP contribution in [0.3, 0.4) is 0 Å². The molecule has 8 atom stereocenters. The van der Waals surface area contributed by atoms with Crippen LogP contribution in [0.5, 0.6) is 0 Å². The van der Waals surface area contributed by atoms with Crippen molar-refractivity contribution in [2.24, 2.45) is 5.11 Å². The highest BCUT2D eigenvalue weighted by Gasteiger charge is 2.45. The zero-order chi connectivity index (χ0) is 48.1. The largest absolute Gasteiger partial charge is 0.390 e. The van der Waals surface area contributed by atoms with Crippen molar-refractivity contribution in [3.05, 3.63) is 10.4 Å². The molecule has 0 bridgehead atoms. The predicted octanol–water partition coefficient (Wildman–Crippen LogP) is 2.89. The number of aliphatic hydroxyl groups is 5. The Morgan fingerprint density at radius 3 is 1.64 bits per heavy atom. The first kappa shape index (κ1) is 57.2. The van der Waals surface area contributed by atoms with Crippen LogP contribution in [-0.2, 0) is 19.0 Å². The summed E-state index contributed by atoms with van der Waals surface area (Å²) in [7, 11) is 0. The van der Waals surface area contributed by atoms with Gasteiger partial charge in [0, 0.05) is 53.6 Å². The number of terminal acetylenes is 1. The average Bonchev–Trinajstić information content (AvgIpc) is 3.31. The fraction of sp³-hybridized carbons (Fsp3) is 0.528. The van der Waals surface area contributed by atoms with E-state index in [2.05, 4.69) is 158 Å². The van der Waals surface area contributed by atoms with E-state index in [4.69, 9.17) is 26.2 Å². The van der Waals surface area contributed by atoms with E-state index in [0.29, 0.717) is 12.8 Å². The quantitative estimate of drug-likeness (QED) is 0.0248. The number of ether oxygens (including phenoxy) is 3. The second kappa shape index (κ2) is 40.9. The number of carbonyl (C=O) groups is 1. The normalized spacial score (nSPS) is 17.1. The van der Waals surface area contributed by atoms with Crippen molar-refractivity contribution >= 4 is 5.91 Å². The minimum atomic E-state index is -1.69. The Morgan fingerprint density at radius 2 is 1.15 bits per heavy atom. The molecule has 0 aromatic rings. The van der Waals surface area contributed by atoms with Gasteiger partial charge >= 0.3 is 0 Å². The molecule has 6 N–H and O–H groups in total. The number of azide groups is 1. The summed E-state index contributed by atoms with van der Waals surface area (Å²) < 4.78 is 16.9. The van der Waals surface area contributed by atoms with Crippen molar-refractivity contribution in [2.45, 2.75) is 152 Å². The molecule has 1 saturated heterocycles. The van der Waals surface area contributed by atoms with Gasteiger partial charge in [0.1, 0.15) is 30.5 Å². The Balaban J connectivity index is 2.81. The first-order chi connectivity index (χ1) is 32.3. The van der Waals surface area contributed by atoms with Crippen LogP contribution in [0.2, 0.25) is 0 Å². The van der Waals surface area contributed by atoms with Crippen molar-refractivity contribution in [1.82, 2.24) is 5.32 Å². The van der Waals surface area contributed by atoms with Gasteiger partial charge in [-0.15, -0.1) is 6.42 Å². The van der Waals surface area contributed by atoms with Gasteiger partial charge in [-0.1, -0.05) is 95.0 Å². The van der Waals surface area contributed by atoms with E-state index in [1.54, 1.807) is 0 Å². The van der Waals surface area contributed by atoms with Crippen LogP contribution in [0.25, 0.3) is 10.4 Å². The molecule has 1 rings (SSSR count). The lowest BCUT2D eigenvalue weighted by Gasteiger charge is -2.40. The Hall–Kier alpha value is -6.82. The zero-order valence-corrected chi connectivity index (χ0v) is 37.3. The molecule has 342 valence electrons. The van der Waals surface area contributed by atoms with Gasteiger partial charge in [0.15, 0.2) is 6.29 Å². The van der Waals surface area contributed by atoms with Crippen LogP contribution in [0.1, 0.15) is 103 Å². The predicted molar refractivity (Wildman–Crippen MR) is 251 cm³/mol. The summed E-state index contributed by atoms with van der Waals surface area (Å²) in [6.07, 6.45) is 8.83. The van der Waals surface area contributed by atoms with Crippen LogP contribution < -0.4 is 5.32 Å². The summed E-state index contributed by atoms with van der Waals surface area (Å²) in [5.74, 6) is 55.9. The van der Waals surface area contributed by atoms with Crippen molar-refractivity contribution in [2.75, 3.05) is 26.4 Å². The standard InChI is InChI=1S/C53H56N4O9/c1-3-5-7-9-11-13-15-17-18-19-20-21-22-23-24-25-26-27-29-31-33-35-37-40-48(59)56-45(49(60)46(58)39-36-34-32-30-28-16-14-12-10-8-6-4-2)43-65-53-52(63)51(62)50(61)47(66-53)44-64-42-38-41-55-57-54/h1,45-47,49-53,58,60-63H,4,6,8,10,12,14,16,28,30,32,34,36,38-44H2,2H3,(H,56,59)/t45-,46+,47?,49-,50-,51-,52?,53-/m0/s1. The van der Waals surface area contributed by atoms with Gasteiger partial charge in [0.05, 0.1) is 31.8 Å². The molecule has 66 heavy (non-hydrogen) atoms. The maximum atomic E-state index is 12.9. The van der Waals surface area contributed by atoms with E-state index in [-0.39, 0.29) is 32.6 Å². The maximum absolute atomic E-state index is 12.9. The number of hydrogen-bond acceptors (Lipinski definition) is 10. The number of unbranched alkanes of at least 4 members (excludes halogenated alkanes) is 11. The Labute approximate surface area is 391 Å². The Morgan fingerprint density at radius 1 is 0.682 bits per heavy atom. The lowest BCUT2D eigenvalue weighted by molar-refractivity contribution is -0.304. The highest BCUT2D eigenvalue weighted by molar-refractivity contribution is 5.79. The van der Waals surface area contributed by atoms with Crippen molar-refractivity contribution < 1.29 is 44.5 Å². The SMILES string of the molecule is C#CC#CC#CC#CC#CC#CC#CC#CC#CC#CC#CC#CCC(=O)N[C@@H](CO[C@H]1OC(COCCCN=[N+]=[N-])[C@H](O)[C@H](O)C1O)[C@H](O)[C@H](O)CCCCCCCCCCCCCC. The third-order valence-electron chi connectivity index (χ3n) is 9.17. The van der Waals surface area contributed by atoms with E-state index in [1.807, 2.05) is 0 Å². The molecule has 0 radical (unpaired) electrons. The number of nitrogens with zero attached hydrogens (tertiary/aromatic N) is 3. The molecule has 13 heteroatoms. The molecule has 0 aliphatic carbocycles. The van der Waals surface area contributed by atoms with Crippen molar-refractivity contribution in [1.29, 1.82) is 0 Å². The fourth-order valence-corrected chi connectivity index (χ4v) is 5.79. The monoisotopic (exact) mass is 892 g/mol. The molecule has 0 saturated carbocycles. The molecule has 1 fully saturated rings. The molecule has 1 aliphatic heterocycles. The summed E-state index contributed by atoms with van der Waals surface area (Å²) in [6.45, 7) is 1.97. The number of aliphatic hydroxyl groups excluding tert-OH is 5. The summed E-state index contributed by atoms with van der Waals surface area (Å²) in [5.41, 5.74) is 8.42. The van der Waals surface area contributed by atoms with E-state index in [0.717, 1.165) is 25.7 Å². The van der Waals surface area contributed by atoms with Crippen LogP contribution in [0, 0.1) is 143 Å². The lowest BCUT2D eigenvalue weighted by atomic mass is 9.98. The topological polar surface area (TPSA) is 207 Å². The Bertz CT molecular complexity index is 2330. The van der Waals surface area contributed by atoms with Gasteiger partial charge in [-0.05, 0) is 113 Å². The third-order valence-corrected chi connectivity index (χ3v) is 9.17. The zero-order valence-electron chi connectivity index (χ0n) is 37.3. The third kappa shape index (κ3) is 30.3. The molecular weight excluding hydrogens is 837 g/mol. The van der Waals surface area contributed by atoms with Crippen molar-refractivity contribution in [3.63, 3.8) is 0 Å². The minimum absolute atomic E-state index is 0.176. The maximum Gasteiger partial charge on any atom is 0.232 e. The number of amides is 1. The summed E-state index contributed by atoms with van der Waals surface area (Å²) in [6, 6.07) is -1.18. The molecule has 13 nitrogen and oxygen atoms in total. The van der Waals surface area contributed by atoms with E-state index in [1.165, 1.54) is 44.9 Å². The molecule has 0 aromatic heterocycles. The number of hydrogen-bond donors (Lipinski definition) is 6. The van der Waals surface area contributed by atoms with E-state index in [9.17, 15) is 30.3 Å². The molecule has 1 heterocycles. The minimum Gasteiger partial charge on any atom is -0.390 e. The highest BCUT2D eigenvalue weighted by atomic mass is 16.7. The highest BCUT2D eigenvalue weighted by Crippen LogP contribution is 2.23. The fourth-order valence-electron chi connectivity index (χ4n) is 5.79. The van der Waals surface area contributed by atoms with Gasteiger partial charge in [-0.25, -0.2) is 0 Å². The van der Waals surface area contributed by atoms with Crippen LogP contribution in [-0.4, -0.2) is 107 Å². The first-order valence-electron chi connectivity index (χ1n) is 21.8. The van der Waals surface area contributed by atoms with Crippen LogP contribution in [0.15, 0.2) is 5.11 Å². The van der Waals surface area contributed by atoms with Gasteiger partial charge in [-0.3, -0.25) is 4.79 Å². The molecule has 1 amide bonds.